The third-order valence-corrected chi connectivity index (χ3v) is 3.92. The molecule has 4 heteroatoms. The molecule has 1 aliphatic heterocycles. The SMILES string of the molecule is CC1(C(=O)NCC2CCC2)CCCNC1.Cl. The van der Waals surface area contributed by atoms with Gasteiger partial charge in [-0.1, -0.05) is 6.42 Å². The highest BCUT2D eigenvalue weighted by atomic mass is 35.5. The summed E-state index contributed by atoms with van der Waals surface area (Å²) in [5.74, 6) is 1.01. The lowest BCUT2D eigenvalue weighted by Crippen LogP contribution is -2.49. The molecule has 1 saturated heterocycles. The van der Waals surface area contributed by atoms with Gasteiger partial charge in [0.2, 0.25) is 5.91 Å². The second-order valence-corrected chi connectivity index (χ2v) is 5.35. The second kappa shape index (κ2) is 5.87. The number of halogens is 1. The van der Waals surface area contributed by atoms with Gasteiger partial charge in [-0.05, 0) is 45.1 Å². The van der Waals surface area contributed by atoms with Gasteiger partial charge in [0, 0.05) is 13.1 Å². The van der Waals surface area contributed by atoms with Crippen LogP contribution in [0.2, 0.25) is 0 Å². The molecule has 16 heavy (non-hydrogen) atoms. The van der Waals surface area contributed by atoms with E-state index in [1.807, 2.05) is 0 Å². The standard InChI is InChI=1S/C12H22N2O.ClH/c1-12(6-3-7-13-9-12)11(15)14-8-10-4-2-5-10;/h10,13H,2-9H2,1H3,(H,14,15);1H. The highest BCUT2D eigenvalue weighted by molar-refractivity contribution is 5.85. The summed E-state index contributed by atoms with van der Waals surface area (Å²) in [5.41, 5.74) is -0.165. The average molecular weight is 247 g/mol. The van der Waals surface area contributed by atoms with E-state index in [2.05, 4.69) is 17.6 Å². The summed E-state index contributed by atoms with van der Waals surface area (Å²) in [6, 6.07) is 0. The van der Waals surface area contributed by atoms with Crippen molar-refractivity contribution in [3.8, 4) is 0 Å². The molecule has 1 amide bonds. The van der Waals surface area contributed by atoms with Gasteiger partial charge in [-0.3, -0.25) is 4.79 Å². The van der Waals surface area contributed by atoms with Crippen molar-refractivity contribution in [1.29, 1.82) is 0 Å². The van der Waals surface area contributed by atoms with Gasteiger partial charge < -0.3 is 10.6 Å². The summed E-state index contributed by atoms with van der Waals surface area (Å²) < 4.78 is 0. The Bertz CT molecular complexity index is 235. The van der Waals surface area contributed by atoms with E-state index in [9.17, 15) is 4.79 Å². The molecule has 1 saturated carbocycles. The van der Waals surface area contributed by atoms with Crippen LogP contribution < -0.4 is 10.6 Å². The summed E-state index contributed by atoms with van der Waals surface area (Å²) >= 11 is 0. The zero-order chi connectivity index (χ0) is 10.7. The van der Waals surface area contributed by atoms with Crippen LogP contribution in [0, 0.1) is 11.3 Å². The topological polar surface area (TPSA) is 41.1 Å². The Hall–Kier alpha value is -0.280. The van der Waals surface area contributed by atoms with E-state index in [4.69, 9.17) is 0 Å². The largest absolute Gasteiger partial charge is 0.355 e. The smallest absolute Gasteiger partial charge is 0.227 e. The number of rotatable bonds is 3. The lowest BCUT2D eigenvalue weighted by Gasteiger charge is -2.34. The minimum absolute atomic E-state index is 0. The fraction of sp³-hybridized carbons (Fsp3) is 0.917. The first-order valence-corrected chi connectivity index (χ1v) is 6.20. The van der Waals surface area contributed by atoms with E-state index in [0.717, 1.165) is 38.4 Å². The van der Waals surface area contributed by atoms with Gasteiger partial charge in [0.1, 0.15) is 0 Å². The number of hydrogen-bond donors (Lipinski definition) is 2. The van der Waals surface area contributed by atoms with E-state index in [-0.39, 0.29) is 23.7 Å². The lowest BCUT2D eigenvalue weighted by molar-refractivity contribution is -0.131. The molecule has 0 aromatic rings. The Labute approximate surface area is 104 Å². The van der Waals surface area contributed by atoms with Crippen LogP contribution in [0.4, 0.5) is 0 Å². The van der Waals surface area contributed by atoms with Gasteiger partial charge in [-0.25, -0.2) is 0 Å². The highest BCUT2D eigenvalue weighted by Gasteiger charge is 2.34. The summed E-state index contributed by atoms with van der Waals surface area (Å²) in [6.07, 6.45) is 6.09. The maximum absolute atomic E-state index is 12.0. The van der Waals surface area contributed by atoms with Crippen molar-refractivity contribution in [1.82, 2.24) is 10.6 Å². The lowest BCUT2D eigenvalue weighted by atomic mass is 9.81. The minimum Gasteiger partial charge on any atom is -0.355 e. The van der Waals surface area contributed by atoms with E-state index < -0.39 is 0 Å². The third-order valence-electron chi connectivity index (χ3n) is 3.92. The first kappa shape index (κ1) is 13.8. The van der Waals surface area contributed by atoms with E-state index in [0.29, 0.717) is 0 Å². The van der Waals surface area contributed by atoms with Crippen molar-refractivity contribution in [2.24, 2.45) is 11.3 Å². The van der Waals surface area contributed by atoms with Crippen molar-refractivity contribution >= 4 is 18.3 Å². The molecule has 0 spiro atoms. The van der Waals surface area contributed by atoms with Crippen LogP contribution in [-0.2, 0) is 4.79 Å². The Morgan fingerprint density at radius 3 is 2.69 bits per heavy atom. The molecule has 2 aliphatic rings. The van der Waals surface area contributed by atoms with Crippen LogP contribution in [0.1, 0.15) is 39.0 Å². The Kier molecular flexibility index (Phi) is 5.06. The van der Waals surface area contributed by atoms with Crippen LogP contribution in [0.5, 0.6) is 0 Å². The zero-order valence-corrected chi connectivity index (χ0v) is 10.9. The highest BCUT2D eigenvalue weighted by Crippen LogP contribution is 2.28. The summed E-state index contributed by atoms with van der Waals surface area (Å²) in [5, 5.41) is 6.43. The molecule has 0 bridgehead atoms. The van der Waals surface area contributed by atoms with Crippen molar-refractivity contribution in [2.45, 2.75) is 39.0 Å². The maximum atomic E-state index is 12.0. The molecule has 2 rings (SSSR count). The van der Waals surface area contributed by atoms with Crippen LogP contribution >= 0.6 is 12.4 Å². The molecule has 3 nitrogen and oxygen atoms in total. The Morgan fingerprint density at radius 2 is 2.19 bits per heavy atom. The number of carbonyl (C=O) groups excluding carboxylic acids is 1. The van der Waals surface area contributed by atoms with Gasteiger partial charge >= 0.3 is 0 Å². The van der Waals surface area contributed by atoms with Crippen molar-refractivity contribution in [3.63, 3.8) is 0 Å². The average Bonchev–Trinajstić information content (AvgIpc) is 2.16. The number of hydrogen-bond acceptors (Lipinski definition) is 2. The molecule has 2 N–H and O–H groups in total. The summed E-state index contributed by atoms with van der Waals surface area (Å²) in [6.45, 7) is 4.87. The summed E-state index contributed by atoms with van der Waals surface area (Å²) in [7, 11) is 0. The predicted molar refractivity (Wildman–Crippen MR) is 67.8 cm³/mol. The Balaban J connectivity index is 0.00000128. The molecule has 0 radical (unpaired) electrons. The molecule has 0 aromatic heterocycles. The van der Waals surface area contributed by atoms with Crippen molar-refractivity contribution < 1.29 is 4.79 Å². The first-order chi connectivity index (χ1) is 7.21. The van der Waals surface area contributed by atoms with Crippen LogP contribution in [0.25, 0.3) is 0 Å². The number of nitrogens with one attached hydrogen (secondary N) is 2. The van der Waals surface area contributed by atoms with Gasteiger partial charge in [0.05, 0.1) is 5.41 Å². The third kappa shape index (κ3) is 3.11. The molecular weight excluding hydrogens is 224 g/mol. The van der Waals surface area contributed by atoms with Gasteiger partial charge in [-0.15, -0.1) is 12.4 Å². The van der Waals surface area contributed by atoms with Crippen LogP contribution in [-0.4, -0.2) is 25.5 Å². The normalized spacial score (nSPS) is 30.1. The van der Waals surface area contributed by atoms with Gasteiger partial charge in [-0.2, -0.15) is 0 Å². The molecule has 1 aliphatic carbocycles. The van der Waals surface area contributed by atoms with Crippen LogP contribution in [0.15, 0.2) is 0 Å². The second-order valence-electron chi connectivity index (χ2n) is 5.35. The van der Waals surface area contributed by atoms with Crippen molar-refractivity contribution in [3.05, 3.63) is 0 Å². The molecule has 2 fully saturated rings. The molecular formula is C12H23ClN2O. The molecule has 0 aromatic carbocycles. The zero-order valence-electron chi connectivity index (χ0n) is 10.1. The Morgan fingerprint density at radius 1 is 1.44 bits per heavy atom. The number of amides is 1. The van der Waals surface area contributed by atoms with Gasteiger partial charge in [0.15, 0.2) is 0 Å². The predicted octanol–water partition coefficient (Wildman–Crippen LogP) is 1.71. The molecule has 1 atom stereocenters. The monoisotopic (exact) mass is 246 g/mol. The van der Waals surface area contributed by atoms with E-state index >= 15 is 0 Å². The minimum atomic E-state index is -0.165. The molecule has 1 heterocycles. The van der Waals surface area contributed by atoms with Crippen molar-refractivity contribution in [2.75, 3.05) is 19.6 Å². The maximum Gasteiger partial charge on any atom is 0.227 e. The van der Waals surface area contributed by atoms with Gasteiger partial charge in [0.25, 0.3) is 0 Å². The fourth-order valence-corrected chi connectivity index (χ4v) is 2.40. The van der Waals surface area contributed by atoms with E-state index in [1.165, 1.54) is 19.3 Å². The quantitative estimate of drug-likeness (QED) is 0.796. The van der Waals surface area contributed by atoms with Crippen LogP contribution in [0.3, 0.4) is 0 Å². The first-order valence-electron chi connectivity index (χ1n) is 6.20. The van der Waals surface area contributed by atoms with E-state index in [1.54, 1.807) is 0 Å². The summed E-state index contributed by atoms with van der Waals surface area (Å²) in [4.78, 5) is 12.0. The number of piperidine rings is 1. The molecule has 1 unspecified atom stereocenters. The number of carbonyl (C=O) groups is 1. The molecule has 94 valence electrons. The fourth-order valence-electron chi connectivity index (χ4n) is 2.40.